The number of guanidine groups is 1. The standard InChI is InChI=1S/C39H56N13O9.Tc/c1-22(2)33(38(61)52(5)28(10-9-15-45-39(40)41)37(60)47-21-31(54)49-27(19-32(55)56)36(59)43-4)50-35(58)25-16-23(3)17-26(18-25)48-30(53)11-7-6-8-14-44-34(57)24-12-13-29(51-42)46-20-24;/h12-13,16-18,20,22,27-28,33H,6-11,14-15,19,21H2,1-5H3,(H,43,59)(H,44,57)(H,47,60)(H,48,53)(H,49,54)(H,50,58)(H,55,56)(H4,40,41,45);/q-1;+2/t27-,28-,33+;/m0./s1. The van der Waals surface area contributed by atoms with E-state index in [4.69, 9.17) is 16.6 Å². The van der Waals surface area contributed by atoms with Gasteiger partial charge in [-0.25, -0.2) is 0 Å². The molecule has 7 amide bonds. The third kappa shape index (κ3) is 18.4. The van der Waals surface area contributed by atoms with Crippen molar-refractivity contribution < 1.29 is 62.2 Å². The van der Waals surface area contributed by atoms with Crippen molar-refractivity contribution >= 4 is 64.8 Å². The van der Waals surface area contributed by atoms with Gasteiger partial charge < -0.3 is 48.1 Å². The van der Waals surface area contributed by atoms with Crippen molar-refractivity contribution in [1.29, 1.82) is 0 Å². The van der Waals surface area contributed by atoms with Crippen LogP contribution in [0.3, 0.4) is 0 Å². The fourth-order valence-electron chi connectivity index (χ4n) is 5.91. The first kappa shape index (κ1) is 51.7. The predicted octanol–water partition coefficient (Wildman–Crippen LogP) is -0.343. The number of rotatable bonds is 25. The summed E-state index contributed by atoms with van der Waals surface area (Å²) < 4.78 is 3.61. The molecule has 11 N–H and O–H groups in total. The number of unbranched alkanes of at least 4 members (excludes halogenated alkanes) is 2. The van der Waals surface area contributed by atoms with Crippen LogP contribution in [0.15, 0.2) is 46.6 Å². The minimum Gasteiger partial charge on any atom is -0.0603 e. The normalized spacial score (nSPS) is 12.0. The summed E-state index contributed by atoms with van der Waals surface area (Å²) in [6, 6.07) is 4.29. The number of carbonyl (C=O) groups is 8. The van der Waals surface area contributed by atoms with E-state index in [2.05, 4.69) is 50.4 Å². The van der Waals surface area contributed by atoms with Crippen molar-refractivity contribution in [2.45, 2.75) is 83.8 Å². The van der Waals surface area contributed by atoms with Crippen molar-refractivity contribution in [2.24, 2.45) is 27.5 Å². The van der Waals surface area contributed by atoms with Crippen LogP contribution in [0, 0.1) is 12.8 Å². The molecule has 337 valence electrons. The van der Waals surface area contributed by atoms with Crippen LogP contribution in [0.4, 0.5) is 11.5 Å². The van der Waals surface area contributed by atoms with Crippen LogP contribution in [-0.2, 0) is 47.5 Å². The van der Waals surface area contributed by atoms with Gasteiger partial charge in [-0.15, -0.1) is 0 Å². The number of hydrogen-bond acceptors (Lipinski definition) is 11. The predicted molar refractivity (Wildman–Crippen MR) is 223 cm³/mol. The van der Waals surface area contributed by atoms with Crippen LogP contribution < -0.4 is 46.8 Å². The summed E-state index contributed by atoms with van der Waals surface area (Å²) in [4.78, 5) is 111. The largest absolute Gasteiger partial charge is 0.0603 e. The van der Waals surface area contributed by atoms with E-state index in [1.165, 1.54) is 26.4 Å². The molecule has 0 aliphatic rings. The molecule has 22 nitrogen and oxygen atoms in total. The van der Waals surface area contributed by atoms with Gasteiger partial charge in [-0.1, -0.05) is 13.8 Å². The number of carbonyl (C=O) groups excluding carboxylic acids is 7. The number of likely N-dealkylation sites (N-methyl/N-ethyl adjacent to an activating group) is 2. The Morgan fingerprint density at radius 2 is 1.63 bits per heavy atom. The van der Waals surface area contributed by atoms with E-state index in [0.29, 0.717) is 48.4 Å². The minimum atomic E-state index is -1.39. The molecule has 0 fully saturated rings. The van der Waals surface area contributed by atoms with Crippen molar-refractivity contribution in [3.05, 3.63) is 53.2 Å². The average Bonchev–Trinajstić information content (AvgIpc) is 3.21. The molecule has 0 radical (unpaired) electrons. The number of aromatic nitrogens is 1. The fourth-order valence-corrected chi connectivity index (χ4v) is 6.10. The number of anilines is 1. The SMILES string of the molecule is CNC(=O)[C@H](CC(=O)O)NC(=O)CNC(=O)[C@H](CCCN=C(N)N)N(C)C(=O)[C@H](NC(=O)c1cc(C)cc(NC(=O)CCCCCNC(=O)c2ccc(N=[N+]=[Tc])nc2)c1)C(C)C. The summed E-state index contributed by atoms with van der Waals surface area (Å²) in [5, 5.41) is 28.3. The third-order valence-corrected chi connectivity index (χ3v) is 9.29. The summed E-state index contributed by atoms with van der Waals surface area (Å²) in [5.41, 5.74) is 12.5. The van der Waals surface area contributed by atoms with Crippen LogP contribution in [-0.4, -0.2) is 120 Å². The maximum absolute atomic E-state index is 14.0. The molecule has 2 rings (SSSR count). The first-order chi connectivity index (χ1) is 29.4. The second-order valence-electron chi connectivity index (χ2n) is 14.4. The summed E-state index contributed by atoms with van der Waals surface area (Å²) in [7, 11) is 2.65. The molecule has 0 aliphatic heterocycles. The summed E-state index contributed by atoms with van der Waals surface area (Å²) in [6.45, 7) is 5.06. The maximum atomic E-state index is 14.0. The Bertz CT molecular complexity index is 2000. The van der Waals surface area contributed by atoms with Crippen LogP contribution >= 0.6 is 0 Å². The Labute approximate surface area is 369 Å². The molecule has 1 heterocycles. The van der Waals surface area contributed by atoms with E-state index in [9.17, 15) is 38.4 Å². The number of amides is 7. The number of aliphatic carboxylic acids is 1. The Hall–Kier alpha value is -6.44. The van der Waals surface area contributed by atoms with Gasteiger partial charge in [0.15, 0.2) is 5.96 Å². The molecule has 3 atom stereocenters. The van der Waals surface area contributed by atoms with Crippen LogP contribution in [0.5, 0.6) is 0 Å². The van der Waals surface area contributed by atoms with Gasteiger partial charge in [0.05, 0.1) is 13.0 Å². The van der Waals surface area contributed by atoms with Crippen LogP contribution in [0.2, 0.25) is 0 Å². The topological polar surface area (TPSA) is 336 Å². The van der Waals surface area contributed by atoms with E-state index in [1.807, 2.05) is 0 Å². The smallest absolute Gasteiger partial charge is 0.0176 e. The number of carboxylic acid groups (broad SMARTS) is 1. The molecule has 0 bridgehead atoms. The number of aryl methyl sites for hydroxylation is 1. The van der Waals surface area contributed by atoms with Gasteiger partial charge in [0.1, 0.15) is 18.1 Å². The Kier molecular flexibility index (Phi) is 22.3. The third-order valence-electron chi connectivity index (χ3n) is 9.11. The number of hydrogen-bond donors (Lipinski definition) is 9. The summed E-state index contributed by atoms with van der Waals surface area (Å²) in [5.74, 6) is -5.68. The fraction of sp³-hybridized carbons (Fsp3) is 0.487. The maximum Gasteiger partial charge on any atom is -0.0176 e. The molecule has 2 aromatic rings. The van der Waals surface area contributed by atoms with Gasteiger partial charge in [-0.3, -0.25) is 38.6 Å². The van der Waals surface area contributed by atoms with E-state index in [0.717, 1.165) is 4.90 Å². The molecule has 1 aromatic carbocycles. The zero-order valence-corrected chi connectivity index (χ0v) is 37.2. The Morgan fingerprint density at radius 1 is 0.903 bits per heavy atom. The van der Waals surface area contributed by atoms with Crippen molar-refractivity contribution in [2.75, 3.05) is 39.0 Å². The molecule has 1 aromatic heterocycles. The summed E-state index contributed by atoms with van der Waals surface area (Å²) >= 11 is 1.73. The van der Waals surface area contributed by atoms with Gasteiger partial charge in [0.2, 0.25) is 29.5 Å². The molecule has 0 unspecified atom stereocenters. The molecule has 0 spiro atoms. The quantitative estimate of drug-likeness (QED) is 0.0203. The molecule has 0 aliphatic carbocycles. The van der Waals surface area contributed by atoms with Gasteiger partial charge in [-0.05, 0) is 49.4 Å². The second kappa shape index (κ2) is 26.7. The molecular weight excluding hydrogens is 893 g/mol. The molecule has 0 saturated carbocycles. The minimum absolute atomic E-state index is 0.0451. The number of nitrogens with two attached hydrogens (primary N) is 2. The second-order valence-corrected chi connectivity index (χ2v) is 14.8. The van der Waals surface area contributed by atoms with E-state index in [1.54, 1.807) is 63.8 Å². The zero-order chi connectivity index (χ0) is 46.4. The van der Waals surface area contributed by atoms with Crippen LogP contribution in [0.25, 0.3) is 0 Å². The first-order valence-corrected chi connectivity index (χ1v) is 20.5. The Morgan fingerprint density at radius 3 is 2.24 bits per heavy atom. The van der Waals surface area contributed by atoms with Gasteiger partial charge in [0.25, 0.3) is 5.91 Å². The molecular formula is C39H56N13O9Tc+. The molecule has 0 saturated heterocycles. The van der Waals surface area contributed by atoms with Gasteiger partial charge in [-0.2, -0.15) is 0 Å². The van der Waals surface area contributed by atoms with E-state index in [-0.39, 0.29) is 49.1 Å². The van der Waals surface area contributed by atoms with Gasteiger partial charge in [0, 0.05) is 38.3 Å². The molecule has 23 heteroatoms. The van der Waals surface area contributed by atoms with Crippen molar-refractivity contribution in [3.8, 4) is 0 Å². The number of pyridine rings is 1. The van der Waals surface area contributed by atoms with Gasteiger partial charge >= 0.3 is 110 Å². The van der Waals surface area contributed by atoms with Crippen molar-refractivity contribution in [3.63, 3.8) is 0 Å². The van der Waals surface area contributed by atoms with E-state index < -0.39 is 72.5 Å². The monoisotopic (exact) mass is 947 g/mol. The first-order valence-electron chi connectivity index (χ1n) is 19.7. The van der Waals surface area contributed by atoms with Crippen LogP contribution in [0.1, 0.15) is 85.1 Å². The summed E-state index contributed by atoms with van der Waals surface area (Å²) in [6.07, 6.45) is 3.07. The number of carboxylic acids is 1. The Balaban J connectivity index is 2.05. The number of aliphatic imine (C=N–C) groups is 1. The number of benzene rings is 1. The number of nitrogens with zero attached hydrogens (tertiary/aromatic N) is 5. The number of nitrogens with one attached hydrogen (secondary N) is 6. The average molecular weight is 949 g/mol. The van der Waals surface area contributed by atoms with E-state index >= 15 is 0 Å². The zero-order valence-electron chi connectivity index (χ0n) is 35.3. The molecule has 62 heavy (non-hydrogen) atoms. The van der Waals surface area contributed by atoms with Crippen molar-refractivity contribution in [1.82, 2.24) is 39.9 Å².